The van der Waals surface area contributed by atoms with Crippen molar-refractivity contribution in [3.8, 4) is 0 Å². The van der Waals surface area contributed by atoms with Gasteiger partial charge in [-0.15, -0.1) is 0 Å². The summed E-state index contributed by atoms with van der Waals surface area (Å²) in [5.41, 5.74) is 0.0422. The molecule has 0 aliphatic rings. The normalized spacial score (nSPS) is 10.3. The third-order valence-corrected chi connectivity index (χ3v) is 3.26. The number of hydrogen-bond acceptors (Lipinski definition) is 2. The fourth-order valence-electron chi connectivity index (χ4n) is 0.907. The molecule has 12 heavy (non-hydrogen) atoms. The van der Waals surface area contributed by atoms with Gasteiger partial charge in [-0.1, -0.05) is 21.0 Å². The molecule has 1 N–H and O–H groups in total. The van der Waals surface area contributed by atoms with E-state index in [9.17, 15) is 4.79 Å². The highest BCUT2D eigenvalue weighted by molar-refractivity contribution is 7.98. The minimum Gasteiger partial charge on any atom is -0.241 e. The van der Waals surface area contributed by atoms with Gasteiger partial charge in [0.2, 0.25) is 0 Å². The number of thioether (sulfide) groups is 1. The van der Waals surface area contributed by atoms with Crippen LogP contribution in [0, 0.1) is 6.92 Å². The van der Waals surface area contributed by atoms with Gasteiger partial charge in [0.15, 0.2) is 5.03 Å². The van der Waals surface area contributed by atoms with Crippen molar-refractivity contribution in [1.29, 1.82) is 0 Å². The average Bonchev–Trinajstić information content (AvgIpc) is 2.08. The van der Waals surface area contributed by atoms with Crippen LogP contribution in [0.1, 0.15) is 5.82 Å². The summed E-state index contributed by atoms with van der Waals surface area (Å²) in [5.74, 6) is 0.871. The zero-order valence-electron chi connectivity index (χ0n) is 7.34. The SMILES string of the molecule is CSc1[nH+]c(C)n(C)c(=O)c1P. The molecular weight excluding hydrogens is 191 g/mol. The molecule has 66 valence electrons. The van der Waals surface area contributed by atoms with Crippen LogP contribution in [0.5, 0.6) is 0 Å². The number of aryl methyl sites for hydroxylation is 1. The molecule has 1 aromatic rings. The Hall–Kier alpha value is -0.340. The third kappa shape index (κ3) is 1.54. The summed E-state index contributed by atoms with van der Waals surface area (Å²) in [6, 6.07) is 0. The Morgan fingerprint density at radius 3 is 2.67 bits per heavy atom. The standard InChI is InChI=1S/C7H11N2OPS/c1-4-8-6(12-3)5(11)7(10)9(4)2/h11H2,1-3H3/p+1. The van der Waals surface area contributed by atoms with Crippen molar-refractivity contribution in [2.24, 2.45) is 7.05 Å². The lowest BCUT2D eigenvalue weighted by molar-refractivity contribution is -0.441. The smallest absolute Gasteiger partial charge is 0.241 e. The van der Waals surface area contributed by atoms with E-state index in [1.54, 1.807) is 23.4 Å². The van der Waals surface area contributed by atoms with Crippen LogP contribution in [0.4, 0.5) is 0 Å². The number of H-pyrrole nitrogens is 1. The molecule has 0 bridgehead atoms. The number of aromatic amines is 1. The minimum atomic E-state index is 0.0422. The van der Waals surface area contributed by atoms with E-state index in [2.05, 4.69) is 14.2 Å². The van der Waals surface area contributed by atoms with Crippen molar-refractivity contribution < 1.29 is 4.98 Å². The van der Waals surface area contributed by atoms with Crippen molar-refractivity contribution in [3.63, 3.8) is 0 Å². The van der Waals surface area contributed by atoms with Gasteiger partial charge in [0.25, 0.3) is 5.82 Å². The number of hydrogen-bond donors (Lipinski definition) is 0. The van der Waals surface area contributed by atoms with Crippen LogP contribution in [-0.2, 0) is 7.05 Å². The molecule has 5 heteroatoms. The maximum Gasteiger partial charge on any atom is 0.345 e. The lowest BCUT2D eigenvalue weighted by atomic mass is 10.5. The van der Waals surface area contributed by atoms with Crippen LogP contribution in [0.3, 0.4) is 0 Å². The summed E-state index contributed by atoms with van der Waals surface area (Å²) in [5, 5.41) is 1.62. The molecule has 0 fully saturated rings. The van der Waals surface area contributed by atoms with E-state index in [0.29, 0.717) is 5.30 Å². The van der Waals surface area contributed by atoms with Gasteiger partial charge in [-0.2, -0.15) is 4.57 Å². The predicted molar refractivity (Wildman–Crippen MR) is 54.1 cm³/mol. The highest BCUT2D eigenvalue weighted by Crippen LogP contribution is 2.04. The first-order chi connectivity index (χ1) is 5.57. The van der Waals surface area contributed by atoms with Gasteiger partial charge in [-0.05, 0) is 6.26 Å². The van der Waals surface area contributed by atoms with Crippen molar-refractivity contribution in [2.75, 3.05) is 6.26 Å². The second-order valence-electron chi connectivity index (χ2n) is 2.52. The maximum atomic E-state index is 11.5. The molecule has 1 unspecified atom stereocenters. The van der Waals surface area contributed by atoms with Gasteiger partial charge in [-0.25, -0.2) is 9.78 Å². The summed E-state index contributed by atoms with van der Waals surface area (Å²) < 4.78 is 1.60. The van der Waals surface area contributed by atoms with Gasteiger partial charge in [0, 0.05) is 6.92 Å². The van der Waals surface area contributed by atoms with Crippen LogP contribution in [0.15, 0.2) is 9.82 Å². The van der Waals surface area contributed by atoms with Crippen LogP contribution in [0.25, 0.3) is 0 Å². The van der Waals surface area contributed by atoms with E-state index in [1.807, 2.05) is 13.2 Å². The van der Waals surface area contributed by atoms with E-state index in [4.69, 9.17) is 0 Å². The molecule has 0 radical (unpaired) electrons. The van der Waals surface area contributed by atoms with Crippen LogP contribution in [0.2, 0.25) is 0 Å². The largest absolute Gasteiger partial charge is 0.345 e. The van der Waals surface area contributed by atoms with Crippen molar-refractivity contribution in [2.45, 2.75) is 11.9 Å². The van der Waals surface area contributed by atoms with Crippen LogP contribution < -0.4 is 15.8 Å². The number of nitrogens with zero attached hydrogens (tertiary/aromatic N) is 1. The molecule has 3 nitrogen and oxygen atoms in total. The zero-order valence-corrected chi connectivity index (χ0v) is 9.31. The van der Waals surface area contributed by atoms with E-state index < -0.39 is 0 Å². The summed E-state index contributed by atoms with van der Waals surface area (Å²) in [7, 11) is 4.22. The molecule has 0 aromatic carbocycles. The summed E-state index contributed by atoms with van der Waals surface area (Å²) >= 11 is 1.54. The molecule has 1 rings (SSSR count). The van der Waals surface area contributed by atoms with Gasteiger partial charge in [0.05, 0.1) is 7.05 Å². The fraction of sp³-hybridized carbons (Fsp3) is 0.429. The second kappa shape index (κ2) is 3.58. The summed E-state index contributed by atoms with van der Waals surface area (Å²) in [6.45, 7) is 1.88. The van der Waals surface area contributed by atoms with Crippen molar-refractivity contribution in [1.82, 2.24) is 4.57 Å². The molecule has 1 aromatic heterocycles. The highest BCUT2D eigenvalue weighted by Gasteiger charge is 2.13. The summed E-state index contributed by atoms with van der Waals surface area (Å²) in [6.07, 6.45) is 1.94. The monoisotopic (exact) mass is 203 g/mol. The van der Waals surface area contributed by atoms with E-state index in [-0.39, 0.29) is 5.56 Å². The van der Waals surface area contributed by atoms with Gasteiger partial charge < -0.3 is 0 Å². The Kier molecular flexibility index (Phi) is 2.91. The number of rotatable bonds is 1. The number of aromatic nitrogens is 2. The topological polar surface area (TPSA) is 36.1 Å². The molecular formula is C7H12N2OPS+. The Labute approximate surface area is 77.8 Å². The molecule has 1 heterocycles. The first kappa shape index (κ1) is 9.75. The van der Waals surface area contributed by atoms with Crippen molar-refractivity contribution >= 4 is 26.3 Å². The Morgan fingerprint density at radius 2 is 2.17 bits per heavy atom. The van der Waals surface area contributed by atoms with E-state index in [0.717, 1.165) is 10.9 Å². The molecule has 0 spiro atoms. The summed E-state index contributed by atoms with van der Waals surface area (Å²) in [4.78, 5) is 14.6. The number of nitrogens with one attached hydrogen (secondary N) is 1. The lowest BCUT2D eigenvalue weighted by Gasteiger charge is -1.99. The van der Waals surface area contributed by atoms with E-state index in [1.165, 1.54) is 0 Å². The van der Waals surface area contributed by atoms with Crippen molar-refractivity contribution in [3.05, 3.63) is 16.2 Å². The Bertz CT molecular complexity index is 361. The predicted octanol–water partition coefficient (Wildman–Crippen LogP) is -0.270. The second-order valence-corrected chi connectivity index (χ2v) is 3.92. The fourth-order valence-corrected chi connectivity index (χ4v) is 2.08. The molecule has 0 amide bonds. The molecule has 0 aliphatic carbocycles. The first-order valence-electron chi connectivity index (χ1n) is 3.50. The molecule has 1 atom stereocenters. The van der Waals surface area contributed by atoms with Crippen LogP contribution >= 0.6 is 21.0 Å². The lowest BCUT2D eigenvalue weighted by Crippen LogP contribution is -2.39. The first-order valence-corrected chi connectivity index (χ1v) is 5.30. The van der Waals surface area contributed by atoms with E-state index >= 15 is 0 Å². The van der Waals surface area contributed by atoms with Gasteiger partial charge >= 0.3 is 5.56 Å². The zero-order chi connectivity index (χ0) is 9.30. The quantitative estimate of drug-likeness (QED) is 0.358. The van der Waals surface area contributed by atoms with Crippen LogP contribution in [-0.4, -0.2) is 10.8 Å². The maximum absolute atomic E-state index is 11.5. The molecule has 0 saturated carbocycles. The highest BCUT2D eigenvalue weighted by atomic mass is 32.2. The van der Waals surface area contributed by atoms with Gasteiger partial charge in [0.1, 0.15) is 5.30 Å². The average molecular weight is 203 g/mol. The Morgan fingerprint density at radius 1 is 1.58 bits per heavy atom. The Balaban J connectivity index is 3.50. The van der Waals surface area contributed by atoms with Gasteiger partial charge in [-0.3, -0.25) is 0 Å². The molecule has 0 saturated heterocycles. The third-order valence-electron chi connectivity index (χ3n) is 1.78. The molecule has 0 aliphatic heterocycles. The minimum absolute atomic E-state index is 0.0422.